The SMILES string of the molecule is O=C(Cc1ccc(Cl)cc1)Nc1ccc(N=Nc2ccccc2)c(NC(=O)Cc2ccc(Cl)cc2)c1. The summed E-state index contributed by atoms with van der Waals surface area (Å²) in [6.07, 6.45) is 0.338. The van der Waals surface area contributed by atoms with Crippen LogP contribution >= 0.6 is 23.2 Å². The van der Waals surface area contributed by atoms with E-state index in [0.717, 1.165) is 11.1 Å². The molecule has 6 nitrogen and oxygen atoms in total. The third kappa shape index (κ3) is 7.50. The number of anilines is 2. The van der Waals surface area contributed by atoms with Gasteiger partial charge in [0.15, 0.2) is 0 Å². The first kappa shape index (κ1) is 25.1. The molecule has 36 heavy (non-hydrogen) atoms. The van der Waals surface area contributed by atoms with E-state index >= 15 is 0 Å². The number of nitrogens with one attached hydrogen (secondary N) is 2. The zero-order valence-corrected chi connectivity index (χ0v) is 20.6. The number of halogens is 2. The highest BCUT2D eigenvalue weighted by Gasteiger charge is 2.11. The summed E-state index contributed by atoms with van der Waals surface area (Å²) >= 11 is 11.9. The molecule has 0 aromatic heterocycles. The van der Waals surface area contributed by atoms with E-state index in [0.29, 0.717) is 32.8 Å². The van der Waals surface area contributed by atoms with Crippen molar-refractivity contribution < 1.29 is 9.59 Å². The van der Waals surface area contributed by atoms with Crippen molar-refractivity contribution in [1.29, 1.82) is 0 Å². The van der Waals surface area contributed by atoms with Gasteiger partial charge >= 0.3 is 0 Å². The smallest absolute Gasteiger partial charge is 0.228 e. The molecule has 2 amide bonds. The van der Waals surface area contributed by atoms with Gasteiger partial charge in [-0.25, -0.2) is 0 Å². The summed E-state index contributed by atoms with van der Waals surface area (Å²) in [5, 5.41) is 15.5. The number of azo groups is 1. The lowest BCUT2D eigenvalue weighted by Crippen LogP contribution is -2.16. The van der Waals surface area contributed by atoms with Crippen molar-refractivity contribution in [2.24, 2.45) is 10.2 Å². The van der Waals surface area contributed by atoms with Gasteiger partial charge in [-0.2, -0.15) is 5.11 Å². The lowest BCUT2D eigenvalue weighted by Gasteiger charge is -2.12. The summed E-state index contributed by atoms with van der Waals surface area (Å²) in [6, 6.07) is 28.5. The van der Waals surface area contributed by atoms with E-state index in [-0.39, 0.29) is 24.7 Å². The maximum absolute atomic E-state index is 12.8. The van der Waals surface area contributed by atoms with Crippen molar-refractivity contribution in [3.8, 4) is 0 Å². The van der Waals surface area contributed by atoms with Gasteiger partial charge in [0, 0.05) is 15.7 Å². The Morgan fingerprint density at radius 1 is 0.639 bits per heavy atom. The minimum Gasteiger partial charge on any atom is -0.326 e. The molecule has 4 aromatic carbocycles. The summed E-state index contributed by atoms with van der Waals surface area (Å²) in [5.74, 6) is -0.437. The lowest BCUT2D eigenvalue weighted by molar-refractivity contribution is -0.116. The fourth-order valence-electron chi connectivity index (χ4n) is 3.38. The normalized spacial score (nSPS) is 10.8. The van der Waals surface area contributed by atoms with Crippen LogP contribution in [0.3, 0.4) is 0 Å². The van der Waals surface area contributed by atoms with Gasteiger partial charge in [0.25, 0.3) is 0 Å². The molecule has 0 aliphatic heterocycles. The second-order valence-electron chi connectivity index (χ2n) is 7.97. The van der Waals surface area contributed by atoms with Crippen molar-refractivity contribution in [2.75, 3.05) is 10.6 Å². The molecule has 4 aromatic rings. The molecule has 0 aliphatic carbocycles. The van der Waals surface area contributed by atoms with Gasteiger partial charge in [-0.1, -0.05) is 65.7 Å². The Balaban J connectivity index is 1.52. The van der Waals surface area contributed by atoms with E-state index in [2.05, 4.69) is 20.9 Å². The number of carbonyl (C=O) groups is 2. The molecule has 0 atom stereocenters. The van der Waals surface area contributed by atoms with Crippen LogP contribution in [0.15, 0.2) is 107 Å². The summed E-state index contributed by atoms with van der Waals surface area (Å²) < 4.78 is 0. The largest absolute Gasteiger partial charge is 0.326 e. The number of hydrogen-bond acceptors (Lipinski definition) is 4. The Morgan fingerprint density at radius 2 is 1.19 bits per heavy atom. The first-order valence-electron chi connectivity index (χ1n) is 11.1. The van der Waals surface area contributed by atoms with Crippen molar-refractivity contribution in [2.45, 2.75) is 12.8 Å². The zero-order chi connectivity index (χ0) is 25.3. The maximum Gasteiger partial charge on any atom is 0.228 e. The molecule has 0 aliphatic rings. The highest BCUT2D eigenvalue weighted by atomic mass is 35.5. The van der Waals surface area contributed by atoms with Gasteiger partial charge in [0.1, 0.15) is 5.69 Å². The fourth-order valence-corrected chi connectivity index (χ4v) is 3.63. The average Bonchev–Trinajstić information content (AvgIpc) is 2.87. The molecule has 0 saturated carbocycles. The predicted octanol–water partition coefficient (Wildman–Crippen LogP) is 7.77. The molecule has 8 heteroatoms. The molecule has 0 heterocycles. The van der Waals surface area contributed by atoms with Gasteiger partial charge in [-0.3, -0.25) is 9.59 Å². The molecule has 2 N–H and O–H groups in total. The first-order chi connectivity index (χ1) is 17.4. The van der Waals surface area contributed by atoms with Crippen LogP contribution in [0.2, 0.25) is 10.0 Å². The topological polar surface area (TPSA) is 82.9 Å². The molecule has 0 radical (unpaired) electrons. The number of amides is 2. The molecule has 0 spiro atoms. The molecule has 4 rings (SSSR count). The van der Waals surface area contributed by atoms with Crippen LogP contribution in [0, 0.1) is 0 Å². The number of hydrogen-bond donors (Lipinski definition) is 2. The molecular formula is C28H22Cl2N4O2. The molecule has 0 bridgehead atoms. The minimum absolute atomic E-state index is 0.152. The Hall–Kier alpha value is -4.00. The fraction of sp³-hybridized carbons (Fsp3) is 0.0714. The van der Waals surface area contributed by atoms with Crippen molar-refractivity contribution in [3.63, 3.8) is 0 Å². The maximum atomic E-state index is 12.8. The van der Waals surface area contributed by atoms with Crippen LogP contribution in [-0.2, 0) is 22.4 Å². The summed E-state index contributed by atoms with van der Waals surface area (Å²) in [6.45, 7) is 0. The summed E-state index contributed by atoms with van der Waals surface area (Å²) in [7, 11) is 0. The van der Waals surface area contributed by atoms with Crippen molar-refractivity contribution in [3.05, 3.63) is 118 Å². The van der Waals surface area contributed by atoms with E-state index in [1.54, 1.807) is 66.7 Å². The van der Waals surface area contributed by atoms with Gasteiger partial charge in [0.05, 0.1) is 24.2 Å². The van der Waals surface area contributed by atoms with Crippen LogP contribution < -0.4 is 10.6 Å². The molecule has 0 fully saturated rings. The second kappa shape index (κ2) is 12.1. The Bertz CT molecular complexity index is 1370. The monoisotopic (exact) mass is 516 g/mol. The predicted molar refractivity (Wildman–Crippen MR) is 145 cm³/mol. The number of rotatable bonds is 8. The molecule has 0 saturated heterocycles. The standard InChI is InChI=1S/C28H22Cl2N4O2/c29-21-10-6-19(7-11-21)16-27(35)31-24-14-15-25(34-33-23-4-2-1-3-5-23)26(18-24)32-28(36)17-20-8-12-22(30)13-9-20/h1-15,18H,16-17H2,(H,31,35)(H,32,36). The van der Waals surface area contributed by atoms with E-state index in [1.165, 1.54) is 0 Å². The third-order valence-corrected chi connectivity index (χ3v) is 5.64. The Labute approximate surface area is 219 Å². The van der Waals surface area contributed by atoms with E-state index in [1.807, 2.05) is 30.3 Å². The van der Waals surface area contributed by atoms with Gasteiger partial charge in [-0.15, -0.1) is 5.11 Å². The quantitative estimate of drug-likeness (QED) is 0.234. The molecule has 0 unspecified atom stereocenters. The van der Waals surface area contributed by atoms with E-state index in [4.69, 9.17) is 23.2 Å². The van der Waals surface area contributed by atoms with Gasteiger partial charge in [-0.05, 0) is 65.7 Å². The summed E-state index contributed by atoms with van der Waals surface area (Å²) in [4.78, 5) is 25.4. The van der Waals surface area contributed by atoms with Crippen LogP contribution in [0.1, 0.15) is 11.1 Å². The van der Waals surface area contributed by atoms with Crippen LogP contribution in [0.5, 0.6) is 0 Å². The van der Waals surface area contributed by atoms with Gasteiger partial charge < -0.3 is 10.6 Å². The number of nitrogens with zero attached hydrogens (tertiary/aromatic N) is 2. The third-order valence-electron chi connectivity index (χ3n) is 5.14. The van der Waals surface area contributed by atoms with Gasteiger partial charge in [0.2, 0.25) is 11.8 Å². The van der Waals surface area contributed by atoms with Crippen LogP contribution in [-0.4, -0.2) is 11.8 Å². The lowest BCUT2D eigenvalue weighted by atomic mass is 10.1. The molecular weight excluding hydrogens is 495 g/mol. The first-order valence-corrected chi connectivity index (χ1v) is 11.9. The highest BCUT2D eigenvalue weighted by Crippen LogP contribution is 2.30. The minimum atomic E-state index is -0.238. The summed E-state index contributed by atoms with van der Waals surface area (Å²) in [5.41, 5.74) is 3.74. The second-order valence-corrected chi connectivity index (χ2v) is 8.84. The Morgan fingerprint density at radius 3 is 1.78 bits per heavy atom. The van der Waals surface area contributed by atoms with Crippen molar-refractivity contribution in [1.82, 2.24) is 0 Å². The number of benzene rings is 4. The highest BCUT2D eigenvalue weighted by molar-refractivity contribution is 6.30. The molecule has 180 valence electrons. The van der Waals surface area contributed by atoms with E-state index < -0.39 is 0 Å². The van der Waals surface area contributed by atoms with Crippen molar-refractivity contribution >= 4 is 57.8 Å². The van der Waals surface area contributed by atoms with E-state index in [9.17, 15) is 9.59 Å². The number of carbonyl (C=O) groups excluding carboxylic acids is 2. The average molecular weight is 517 g/mol. The van der Waals surface area contributed by atoms with Crippen LogP contribution in [0.25, 0.3) is 0 Å². The zero-order valence-electron chi connectivity index (χ0n) is 19.1. The van der Waals surface area contributed by atoms with Crippen LogP contribution in [0.4, 0.5) is 22.7 Å². The Kier molecular flexibility index (Phi) is 8.44.